The molecule has 0 radical (unpaired) electrons. The summed E-state index contributed by atoms with van der Waals surface area (Å²) in [5, 5.41) is 10.9. The van der Waals surface area contributed by atoms with Crippen LogP contribution >= 0.6 is 0 Å². The van der Waals surface area contributed by atoms with Crippen LogP contribution in [0.25, 0.3) is 0 Å². The summed E-state index contributed by atoms with van der Waals surface area (Å²) < 4.78 is 5.45. The van der Waals surface area contributed by atoms with Crippen molar-refractivity contribution < 1.29 is 14.6 Å². The molecule has 0 aromatic rings. The lowest BCUT2D eigenvalue weighted by atomic mass is 9.79. The molecular formula is C15H18O3. The Morgan fingerprint density at radius 3 is 2.72 bits per heavy atom. The molecular weight excluding hydrogens is 228 g/mol. The van der Waals surface area contributed by atoms with Gasteiger partial charge in [0.25, 0.3) is 0 Å². The quantitative estimate of drug-likeness (QED) is 0.404. The molecule has 1 aliphatic heterocycles. The predicted molar refractivity (Wildman–Crippen MR) is 67.7 cm³/mol. The second kappa shape index (κ2) is 3.58. The molecule has 3 heteroatoms. The lowest BCUT2D eigenvalue weighted by Crippen LogP contribution is -2.42. The lowest BCUT2D eigenvalue weighted by molar-refractivity contribution is -0.143. The highest BCUT2D eigenvalue weighted by Crippen LogP contribution is 2.53. The SMILES string of the molecule is C=C1CC[C@@]2(O)C(=C)CC[C@H]3C(=C)C(=O)O[C@@H]3[C@@H]12. The number of fused-ring (bicyclic) bond motifs is 3. The van der Waals surface area contributed by atoms with Gasteiger partial charge >= 0.3 is 5.97 Å². The maximum Gasteiger partial charge on any atom is 0.334 e. The Morgan fingerprint density at radius 1 is 1.28 bits per heavy atom. The fourth-order valence-corrected chi connectivity index (χ4v) is 3.72. The van der Waals surface area contributed by atoms with Crippen molar-refractivity contribution in [1.82, 2.24) is 0 Å². The Hall–Kier alpha value is -1.35. The summed E-state index contributed by atoms with van der Waals surface area (Å²) in [6.07, 6.45) is 2.61. The van der Waals surface area contributed by atoms with E-state index in [1.54, 1.807) is 0 Å². The smallest absolute Gasteiger partial charge is 0.334 e. The van der Waals surface area contributed by atoms with Crippen LogP contribution in [0.5, 0.6) is 0 Å². The zero-order chi connectivity index (χ0) is 13.1. The molecule has 0 aromatic carbocycles. The Balaban J connectivity index is 2.07. The minimum absolute atomic E-state index is 0.00289. The summed E-state index contributed by atoms with van der Waals surface area (Å²) in [5.41, 5.74) is 1.42. The van der Waals surface area contributed by atoms with Crippen molar-refractivity contribution in [2.24, 2.45) is 11.8 Å². The van der Waals surface area contributed by atoms with E-state index in [9.17, 15) is 9.90 Å². The molecule has 0 unspecified atom stereocenters. The van der Waals surface area contributed by atoms with Crippen molar-refractivity contribution in [3.63, 3.8) is 0 Å². The number of carbonyl (C=O) groups is 1. The van der Waals surface area contributed by atoms with Crippen molar-refractivity contribution >= 4 is 5.97 Å². The Bertz CT molecular complexity index is 476. The second-order valence-corrected chi connectivity index (χ2v) is 5.70. The summed E-state index contributed by atoms with van der Waals surface area (Å²) in [6.45, 7) is 11.9. The second-order valence-electron chi connectivity index (χ2n) is 5.70. The van der Waals surface area contributed by atoms with Gasteiger partial charge in [-0.05, 0) is 31.3 Å². The molecule has 1 N–H and O–H groups in total. The molecule has 3 rings (SSSR count). The van der Waals surface area contributed by atoms with Crippen LogP contribution in [0.15, 0.2) is 36.5 Å². The fraction of sp³-hybridized carbons (Fsp3) is 0.533. The van der Waals surface area contributed by atoms with Gasteiger partial charge in [0.15, 0.2) is 0 Å². The van der Waals surface area contributed by atoms with Gasteiger partial charge in [-0.25, -0.2) is 4.79 Å². The van der Waals surface area contributed by atoms with E-state index >= 15 is 0 Å². The van der Waals surface area contributed by atoms with E-state index in [1.165, 1.54) is 0 Å². The first-order valence-corrected chi connectivity index (χ1v) is 6.43. The van der Waals surface area contributed by atoms with Gasteiger partial charge < -0.3 is 9.84 Å². The van der Waals surface area contributed by atoms with Gasteiger partial charge in [0.2, 0.25) is 0 Å². The van der Waals surface area contributed by atoms with Crippen molar-refractivity contribution in [2.75, 3.05) is 0 Å². The van der Waals surface area contributed by atoms with Crippen LogP contribution in [0.3, 0.4) is 0 Å². The van der Waals surface area contributed by atoms with Gasteiger partial charge in [-0.3, -0.25) is 0 Å². The van der Waals surface area contributed by atoms with E-state index in [0.717, 1.165) is 30.4 Å². The monoisotopic (exact) mass is 246 g/mol. The first-order valence-electron chi connectivity index (χ1n) is 6.43. The highest BCUT2D eigenvalue weighted by atomic mass is 16.6. The van der Waals surface area contributed by atoms with Crippen LogP contribution < -0.4 is 0 Å². The highest BCUT2D eigenvalue weighted by Gasteiger charge is 2.57. The van der Waals surface area contributed by atoms with Crippen molar-refractivity contribution in [2.45, 2.75) is 37.4 Å². The van der Waals surface area contributed by atoms with Gasteiger partial charge in [-0.2, -0.15) is 0 Å². The molecule has 3 nitrogen and oxygen atoms in total. The zero-order valence-electron chi connectivity index (χ0n) is 10.4. The molecule has 0 spiro atoms. The largest absolute Gasteiger partial charge is 0.458 e. The molecule has 0 amide bonds. The minimum Gasteiger partial charge on any atom is -0.458 e. The van der Waals surface area contributed by atoms with Crippen molar-refractivity contribution in [3.05, 3.63) is 36.5 Å². The number of aliphatic hydroxyl groups is 1. The summed E-state index contributed by atoms with van der Waals surface area (Å²) >= 11 is 0. The summed E-state index contributed by atoms with van der Waals surface area (Å²) in [6, 6.07) is 0. The molecule has 18 heavy (non-hydrogen) atoms. The van der Waals surface area contributed by atoms with Crippen molar-refractivity contribution in [1.29, 1.82) is 0 Å². The third kappa shape index (κ3) is 1.31. The van der Waals surface area contributed by atoms with Gasteiger partial charge in [-0.1, -0.05) is 25.3 Å². The van der Waals surface area contributed by atoms with E-state index in [1.807, 2.05) is 0 Å². The van der Waals surface area contributed by atoms with Gasteiger partial charge in [0, 0.05) is 11.5 Å². The van der Waals surface area contributed by atoms with E-state index in [2.05, 4.69) is 19.7 Å². The summed E-state index contributed by atoms with van der Waals surface area (Å²) in [7, 11) is 0. The standard InChI is InChI=1S/C15H18O3/c1-8-6-7-15(17)9(2)4-5-11-10(3)14(16)18-13(11)12(8)15/h11-13,17H,1-7H2/t11-,12+,13-,15+/m0/s1. The van der Waals surface area contributed by atoms with Gasteiger partial charge in [0.05, 0.1) is 11.5 Å². The molecule has 96 valence electrons. The molecule has 0 bridgehead atoms. The van der Waals surface area contributed by atoms with E-state index in [0.29, 0.717) is 12.0 Å². The highest BCUT2D eigenvalue weighted by molar-refractivity contribution is 5.91. The molecule has 4 atom stereocenters. The summed E-state index contributed by atoms with van der Waals surface area (Å²) in [5.74, 6) is -0.525. The third-order valence-electron chi connectivity index (χ3n) is 4.83. The predicted octanol–water partition coefficient (Wildman–Crippen LogP) is 2.13. The zero-order valence-corrected chi connectivity index (χ0v) is 10.4. The first-order chi connectivity index (χ1) is 8.45. The summed E-state index contributed by atoms with van der Waals surface area (Å²) in [4.78, 5) is 11.7. The topological polar surface area (TPSA) is 46.5 Å². The van der Waals surface area contributed by atoms with Crippen LogP contribution in [0.1, 0.15) is 25.7 Å². The Kier molecular flexibility index (Phi) is 2.33. The van der Waals surface area contributed by atoms with Crippen molar-refractivity contribution in [3.8, 4) is 0 Å². The Morgan fingerprint density at radius 2 is 2.00 bits per heavy atom. The number of ether oxygens (including phenoxy) is 1. The number of rotatable bonds is 0. The van der Waals surface area contributed by atoms with Crippen LogP contribution in [0.4, 0.5) is 0 Å². The maximum atomic E-state index is 11.7. The van der Waals surface area contributed by atoms with Crippen LogP contribution in [0, 0.1) is 11.8 Å². The third-order valence-corrected chi connectivity index (χ3v) is 4.83. The van der Waals surface area contributed by atoms with Crippen LogP contribution in [-0.4, -0.2) is 22.8 Å². The van der Waals surface area contributed by atoms with Gasteiger partial charge in [-0.15, -0.1) is 0 Å². The average Bonchev–Trinajstić information content (AvgIpc) is 2.73. The maximum absolute atomic E-state index is 11.7. The number of carbonyl (C=O) groups excluding carboxylic acids is 1. The van der Waals surface area contributed by atoms with E-state index in [-0.39, 0.29) is 23.9 Å². The molecule has 2 aliphatic carbocycles. The minimum atomic E-state index is -0.943. The molecule has 2 saturated carbocycles. The van der Waals surface area contributed by atoms with Gasteiger partial charge in [0.1, 0.15) is 6.10 Å². The average molecular weight is 246 g/mol. The molecule has 1 saturated heterocycles. The fourth-order valence-electron chi connectivity index (χ4n) is 3.72. The van der Waals surface area contributed by atoms with Crippen LogP contribution in [0.2, 0.25) is 0 Å². The molecule has 3 aliphatic rings. The number of hydrogen-bond acceptors (Lipinski definition) is 3. The van der Waals surface area contributed by atoms with Crippen LogP contribution in [-0.2, 0) is 9.53 Å². The van der Waals surface area contributed by atoms with E-state index < -0.39 is 5.60 Å². The number of esters is 1. The first kappa shape index (κ1) is 11.7. The normalized spacial score (nSPS) is 43.5. The molecule has 1 heterocycles. The Labute approximate surface area is 107 Å². The lowest BCUT2D eigenvalue weighted by Gasteiger charge is -2.33. The molecule has 3 fully saturated rings. The number of hydrogen-bond donors (Lipinski definition) is 1. The van der Waals surface area contributed by atoms with E-state index in [4.69, 9.17) is 4.74 Å². The molecule has 0 aromatic heterocycles.